The van der Waals surface area contributed by atoms with Gasteiger partial charge in [-0.05, 0) is 97.7 Å². The molecule has 0 aliphatic rings. The average Bonchev–Trinajstić information content (AvgIpc) is 2.87. The van der Waals surface area contributed by atoms with Gasteiger partial charge in [-0.25, -0.2) is 0 Å². The Morgan fingerprint density at radius 1 is 0.528 bits per heavy atom. The lowest BCUT2D eigenvalue weighted by Crippen LogP contribution is -2.43. The van der Waals surface area contributed by atoms with E-state index in [-0.39, 0.29) is 11.1 Å². The van der Waals surface area contributed by atoms with E-state index in [1.54, 1.807) is 0 Å². The molecule has 0 radical (unpaired) electrons. The van der Waals surface area contributed by atoms with Crippen molar-refractivity contribution in [3.05, 3.63) is 0 Å². The van der Waals surface area contributed by atoms with E-state index in [2.05, 4.69) is 45.3 Å². The lowest BCUT2D eigenvalue weighted by atomic mass is 9.90. The summed E-state index contributed by atoms with van der Waals surface area (Å²) in [5.74, 6) is 0. The van der Waals surface area contributed by atoms with Gasteiger partial charge < -0.3 is 30.6 Å². The number of hydrogen-bond acceptors (Lipinski definition) is 6. The second-order valence-corrected chi connectivity index (χ2v) is 11.0. The maximum atomic E-state index is 5.97. The number of unbranched alkanes of at least 4 members (excludes halogenated alkanes) is 3. The number of ether oxygens (including phenoxy) is 3. The Kier molecular flexibility index (Phi) is 24.9. The third-order valence-corrected chi connectivity index (χ3v) is 7.29. The second-order valence-electron chi connectivity index (χ2n) is 11.0. The largest absolute Gasteiger partial charge is 0.381 e. The smallest absolute Gasteiger partial charge is 0.0478 e. The van der Waals surface area contributed by atoms with E-state index in [9.17, 15) is 0 Å². The van der Waals surface area contributed by atoms with E-state index in [1.165, 1.54) is 38.5 Å². The molecule has 0 saturated heterocycles. The lowest BCUT2D eigenvalue weighted by molar-refractivity contribution is 0.111. The van der Waals surface area contributed by atoms with Crippen LogP contribution in [0.4, 0.5) is 0 Å². The highest BCUT2D eigenvalue weighted by atomic mass is 16.5. The van der Waals surface area contributed by atoms with Crippen LogP contribution in [0.3, 0.4) is 0 Å². The van der Waals surface area contributed by atoms with Crippen LogP contribution in [0.1, 0.15) is 125 Å². The third-order valence-electron chi connectivity index (χ3n) is 7.29. The summed E-state index contributed by atoms with van der Waals surface area (Å²) < 4.78 is 17.4. The molecule has 218 valence electrons. The van der Waals surface area contributed by atoms with Gasteiger partial charge >= 0.3 is 0 Å². The van der Waals surface area contributed by atoms with Crippen molar-refractivity contribution < 1.29 is 14.2 Å². The van der Waals surface area contributed by atoms with E-state index in [0.717, 1.165) is 104 Å². The van der Waals surface area contributed by atoms with Gasteiger partial charge in [-0.3, -0.25) is 0 Å². The first kappa shape index (κ1) is 35.8. The molecule has 36 heavy (non-hydrogen) atoms. The van der Waals surface area contributed by atoms with Crippen molar-refractivity contribution >= 4 is 0 Å². The van der Waals surface area contributed by atoms with Gasteiger partial charge in [-0.2, -0.15) is 0 Å². The van der Waals surface area contributed by atoms with E-state index >= 15 is 0 Å². The van der Waals surface area contributed by atoms with E-state index in [1.807, 2.05) is 0 Å². The van der Waals surface area contributed by atoms with Crippen molar-refractivity contribution in [2.45, 2.75) is 136 Å². The molecular weight excluding hydrogens is 450 g/mol. The van der Waals surface area contributed by atoms with Crippen molar-refractivity contribution in [1.29, 1.82) is 0 Å². The molecule has 0 aromatic rings. The zero-order valence-electron chi connectivity index (χ0n) is 25.1. The van der Waals surface area contributed by atoms with Gasteiger partial charge in [-0.15, -0.1) is 0 Å². The molecule has 0 rings (SSSR count). The molecule has 0 fully saturated rings. The molecule has 6 heteroatoms. The van der Waals surface area contributed by atoms with Crippen molar-refractivity contribution in [1.82, 2.24) is 10.6 Å². The molecule has 0 aliphatic carbocycles. The predicted octanol–water partition coefficient (Wildman–Crippen LogP) is 6.21. The molecule has 0 aromatic carbocycles. The Bertz CT molecular complexity index is 455. The molecule has 0 bridgehead atoms. The normalized spacial score (nSPS) is 15.2. The first-order valence-corrected chi connectivity index (χ1v) is 15.4. The maximum Gasteiger partial charge on any atom is 0.0478 e. The summed E-state index contributed by atoms with van der Waals surface area (Å²) in [5.41, 5.74) is 5.90. The van der Waals surface area contributed by atoms with Crippen molar-refractivity contribution in [2.75, 3.05) is 59.3 Å². The fraction of sp³-hybridized carbons (Fsp3) is 1.00. The van der Waals surface area contributed by atoms with Gasteiger partial charge in [0.15, 0.2) is 0 Å². The Morgan fingerprint density at radius 2 is 1.03 bits per heavy atom. The Balaban J connectivity index is 3.84. The standard InChI is InChI=1S/C30H65N3O3/c1-6-9-10-11-23-34-27-16-22-33-30(5,17-7-2)19-13-25-36-28-15-21-32-29(4,8-3)18-12-24-35-26-14-20-31/h32-33H,6-28,31H2,1-5H3. The van der Waals surface area contributed by atoms with E-state index in [4.69, 9.17) is 19.9 Å². The van der Waals surface area contributed by atoms with Gasteiger partial charge in [0.2, 0.25) is 0 Å². The SMILES string of the molecule is CCCCCCOCCCNC(C)(CCC)CCCOCCCNC(C)(CC)CCCOCCCN. The van der Waals surface area contributed by atoms with Crippen LogP contribution in [0, 0.1) is 0 Å². The highest BCUT2D eigenvalue weighted by molar-refractivity contribution is 4.83. The first-order chi connectivity index (χ1) is 17.4. The lowest BCUT2D eigenvalue weighted by Gasteiger charge is -2.31. The van der Waals surface area contributed by atoms with Crippen LogP contribution < -0.4 is 16.4 Å². The molecule has 0 spiro atoms. The highest BCUT2D eigenvalue weighted by Gasteiger charge is 2.22. The van der Waals surface area contributed by atoms with Crippen LogP contribution in [0.15, 0.2) is 0 Å². The zero-order chi connectivity index (χ0) is 26.8. The fourth-order valence-corrected chi connectivity index (χ4v) is 4.62. The summed E-state index contributed by atoms with van der Waals surface area (Å²) in [5, 5.41) is 7.57. The molecule has 0 amide bonds. The summed E-state index contributed by atoms with van der Waals surface area (Å²) >= 11 is 0. The Morgan fingerprint density at radius 3 is 1.56 bits per heavy atom. The van der Waals surface area contributed by atoms with Crippen molar-refractivity contribution in [2.24, 2.45) is 5.73 Å². The fourth-order valence-electron chi connectivity index (χ4n) is 4.62. The number of hydrogen-bond donors (Lipinski definition) is 3. The molecule has 0 aromatic heterocycles. The molecule has 4 N–H and O–H groups in total. The summed E-state index contributed by atoms with van der Waals surface area (Å²) in [7, 11) is 0. The Hall–Kier alpha value is -0.240. The first-order valence-electron chi connectivity index (χ1n) is 15.4. The van der Waals surface area contributed by atoms with Gasteiger partial charge in [-0.1, -0.05) is 46.5 Å². The van der Waals surface area contributed by atoms with Crippen LogP contribution in [-0.4, -0.2) is 70.4 Å². The maximum absolute atomic E-state index is 5.97. The van der Waals surface area contributed by atoms with Crippen LogP contribution in [0.5, 0.6) is 0 Å². The summed E-state index contributed by atoms with van der Waals surface area (Å²) in [4.78, 5) is 0. The summed E-state index contributed by atoms with van der Waals surface area (Å²) in [6.07, 6.45) is 16.3. The van der Waals surface area contributed by atoms with Gasteiger partial charge in [0.25, 0.3) is 0 Å². The van der Waals surface area contributed by atoms with Crippen molar-refractivity contribution in [3.63, 3.8) is 0 Å². The molecule has 2 unspecified atom stereocenters. The van der Waals surface area contributed by atoms with Gasteiger partial charge in [0.05, 0.1) is 0 Å². The topological polar surface area (TPSA) is 77.8 Å². The quantitative estimate of drug-likeness (QED) is 0.103. The van der Waals surface area contributed by atoms with Crippen LogP contribution in [0.2, 0.25) is 0 Å². The van der Waals surface area contributed by atoms with Gasteiger partial charge in [0, 0.05) is 50.7 Å². The van der Waals surface area contributed by atoms with Crippen molar-refractivity contribution in [3.8, 4) is 0 Å². The van der Waals surface area contributed by atoms with E-state index in [0.29, 0.717) is 6.54 Å². The average molecular weight is 516 g/mol. The Labute approximate surface area is 225 Å². The van der Waals surface area contributed by atoms with Gasteiger partial charge in [0.1, 0.15) is 0 Å². The monoisotopic (exact) mass is 516 g/mol. The van der Waals surface area contributed by atoms with E-state index < -0.39 is 0 Å². The molecule has 2 atom stereocenters. The van der Waals surface area contributed by atoms with Crippen LogP contribution in [0.25, 0.3) is 0 Å². The summed E-state index contributed by atoms with van der Waals surface area (Å²) in [6.45, 7) is 19.3. The minimum absolute atomic E-state index is 0.185. The molecule has 0 aliphatic heterocycles. The second kappa shape index (κ2) is 25.1. The van der Waals surface area contributed by atoms with Crippen LogP contribution >= 0.6 is 0 Å². The predicted molar refractivity (Wildman–Crippen MR) is 156 cm³/mol. The highest BCUT2D eigenvalue weighted by Crippen LogP contribution is 2.19. The molecule has 0 heterocycles. The zero-order valence-corrected chi connectivity index (χ0v) is 25.1. The number of rotatable bonds is 29. The molecule has 6 nitrogen and oxygen atoms in total. The summed E-state index contributed by atoms with van der Waals surface area (Å²) in [6, 6.07) is 0. The minimum atomic E-state index is 0.185. The number of nitrogens with one attached hydrogen (secondary N) is 2. The molecule has 0 saturated carbocycles. The molecular formula is C30H65N3O3. The number of nitrogens with two attached hydrogens (primary N) is 1. The third kappa shape index (κ3) is 21.8. The minimum Gasteiger partial charge on any atom is -0.381 e. The van der Waals surface area contributed by atoms with Crippen LogP contribution in [-0.2, 0) is 14.2 Å².